The van der Waals surface area contributed by atoms with Crippen LogP contribution in [0.25, 0.3) is 0 Å². The van der Waals surface area contributed by atoms with Crippen molar-refractivity contribution in [1.29, 1.82) is 0 Å². The predicted molar refractivity (Wildman–Crippen MR) is 67.5 cm³/mol. The molecule has 1 aromatic rings. The normalized spacial score (nSPS) is 9.89. The lowest BCUT2D eigenvalue weighted by atomic mass is 10.4. The summed E-state index contributed by atoms with van der Waals surface area (Å²) in [7, 11) is 1.30. The molecule has 18 heavy (non-hydrogen) atoms. The number of methoxy groups -OCH3 is 1. The van der Waals surface area contributed by atoms with E-state index < -0.39 is 5.97 Å². The summed E-state index contributed by atoms with van der Waals surface area (Å²) in [6, 6.07) is 0. The molecule has 0 aliphatic rings. The van der Waals surface area contributed by atoms with Crippen LogP contribution in [0, 0.1) is 0 Å². The summed E-state index contributed by atoms with van der Waals surface area (Å²) in [4.78, 5) is 19.2. The first-order chi connectivity index (χ1) is 8.63. The highest BCUT2D eigenvalue weighted by Crippen LogP contribution is 2.02. The molecule has 0 fully saturated rings. The van der Waals surface area contributed by atoms with E-state index in [1.165, 1.54) is 19.5 Å². The Morgan fingerprint density at radius 1 is 1.50 bits per heavy atom. The number of esters is 1. The quantitative estimate of drug-likeness (QED) is 0.447. The predicted octanol–water partition coefficient (Wildman–Crippen LogP) is 1.27. The van der Waals surface area contributed by atoms with E-state index in [1.54, 1.807) is 0 Å². The standard InChI is InChI=1S/C12H17N3O3/c1-9(2)8-18-5-4-14-11-7-13-6-10(15-11)12(16)17-3/h6-7H,1,4-5,8H2,2-3H3,(H,14,15). The molecule has 6 heteroatoms. The Kier molecular flexibility index (Phi) is 5.79. The molecule has 0 atom stereocenters. The molecule has 0 spiro atoms. The second-order valence-electron chi connectivity index (χ2n) is 3.72. The van der Waals surface area contributed by atoms with Gasteiger partial charge in [-0.3, -0.25) is 4.98 Å². The largest absolute Gasteiger partial charge is 0.464 e. The van der Waals surface area contributed by atoms with Crippen molar-refractivity contribution in [1.82, 2.24) is 9.97 Å². The topological polar surface area (TPSA) is 73.3 Å². The summed E-state index contributed by atoms with van der Waals surface area (Å²) in [5.41, 5.74) is 1.15. The number of anilines is 1. The summed E-state index contributed by atoms with van der Waals surface area (Å²) in [5, 5.41) is 3.00. The fourth-order valence-corrected chi connectivity index (χ4v) is 1.15. The van der Waals surface area contributed by atoms with Gasteiger partial charge < -0.3 is 14.8 Å². The molecular formula is C12H17N3O3. The number of hydrogen-bond donors (Lipinski definition) is 1. The van der Waals surface area contributed by atoms with Crippen LogP contribution in [-0.2, 0) is 9.47 Å². The molecule has 98 valence electrons. The van der Waals surface area contributed by atoms with Crippen molar-refractivity contribution >= 4 is 11.8 Å². The molecule has 1 rings (SSSR count). The lowest BCUT2D eigenvalue weighted by molar-refractivity contribution is 0.0593. The first-order valence-electron chi connectivity index (χ1n) is 5.50. The maximum absolute atomic E-state index is 11.2. The molecule has 0 aliphatic heterocycles. The minimum atomic E-state index is -0.510. The molecule has 0 saturated heterocycles. The van der Waals surface area contributed by atoms with E-state index >= 15 is 0 Å². The maximum atomic E-state index is 11.2. The molecule has 1 aromatic heterocycles. The van der Waals surface area contributed by atoms with Gasteiger partial charge in [0.15, 0.2) is 5.69 Å². The van der Waals surface area contributed by atoms with Gasteiger partial charge in [0, 0.05) is 6.54 Å². The van der Waals surface area contributed by atoms with Gasteiger partial charge in [0.2, 0.25) is 0 Å². The molecule has 1 heterocycles. The van der Waals surface area contributed by atoms with Crippen LogP contribution < -0.4 is 5.32 Å². The number of aromatic nitrogens is 2. The summed E-state index contributed by atoms with van der Waals surface area (Å²) >= 11 is 0. The number of nitrogens with zero attached hydrogens (tertiary/aromatic N) is 2. The van der Waals surface area contributed by atoms with Gasteiger partial charge in [-0.1, -0.05) is 12.2 Å². The van der Waals surface area contributed by atoms with Crippen LogP contribution in [0.2, 0.25) is 0 Å². The van der Waals surface area contributed by atoms with Gasteiger partial charge >= 0.3 is 5.97 Å². The molecular weight excluding hydrogens is 234 g/mol. The Labute approximate surface area is 106 Å². The van der Waals surface area contributed by atoms with Gasteiger partial charge in [-0.05, 0) is 6.92 Å². The van der Waals surface area contributed by atoms with Crippen LogP contribution in [0.4, 0.5) is 5.82 Å². The van der Waals surface area contributed by atoms with Gasteiger partial charge in [-0.2, -0.15) is 0 Å². The van der Waals surface area contributed by atoms with Crippen molar-refractivity contribution in [2.45, 2.75) is 6.92 Å². The highest BCUT2D eigenvalue weighted by atomic mass is 16.5. The molecule has 0 aromatic carbocycles. The van der Waals surface area contributed by atoms with Crippen molar-refractivity contribution in [3.63, 3.8) is 0 Å². The second-order valence-corrected chi connectivity index (χ2v) is 3.72. The lowest BCUT2D eigenvalue weighted by Gasteiger charge is -2.07. The van der Waals surface area contributed by atoms with E-state index in [0.29, 0.717) is 25.6 Å². The van der Waals surface area contributed by atoms with E-state index in [9.17, 15) is 4.79 Å². The average Bonchev–Trinajstić information content (AvgIpc) is 2.37. The number of carbonyl (C=O) groups is 1. The first-order valence-corrected chi connectivity index (χ1v) is 5.50. The zero-order valence-corrected chi connectivity index (χ0v) is 10.6. The third-order valence-electron chi connectivity index (χ3n) is 1.93. The van der Waals surface area contributed by atoms with E-state index in [4.69, 9.17) is 4.74 Å². The van der Waals surface area contributed by atoms with Gasteiger partial charge in [-0.25, -0.2) is 9.78 Å². The number of nitrogens with one attached hydrogen (secondary N) is 1. The van der Waals surface area contributed by atoms with Crippen molar-refractivity contribution in [2.75, 3.05) is 32.2 Å². The number of ether oxygens (including phenoxy) is 2. The van der Waals surface area contributed by atoms with Crippen molar-refractivity contribution in [2.24, 2.45) is 0 Å². The molecule has 0 amide bonds. The Balaban J connectivity index is 2.38. The summed E-state index contributed by atoms with van der Waals surface area (Å²) in [6.45, 7) is 7.27. The average molecular weight is 251 g/mol. The smallest absolute Gasteiger partial charge is 0.358 e. The lowest BCUT2D eigenvalue weighted by Crippen LogP contribution is -2.13. The number of carbonyl (C=O) groups excluding carboxylic acids is 1. The van der Waals surface area contributed by atoms with E-state index in [1.807, 2.05) is 6.92 Å². The van der Waals surface area contributed by atoms with Gasteiger partial charge in [0.05, 0.1) is 32.7 Å². The molecule has 0 bridgehead atoms. The van der Waals surface area contributed by atoms with Gasteiger partial charge in [0.25, 0.3) is 0 Å². The number of rotatable bonds is 7. The van der Waals surface area contributed by atoms with E-state index in [0.717, 1.165) is 5.57 Å². The molecule has 0 unspecified atom stereocenters. The van der Waals surface area contributed by atoms with Gasteiger partial charge in [-0.15, -0.1) is 0 Å². The third-order valence-corrected chi connectivity index (χ3v) is 1.93. The third kappa shape index (κ3) is 4.92. The van der Waals surface area contributed by atoms with Crippen molar-refractivity contribution in [3.8, 4) is 0 Å². The highest BCUT2D eigenvalue weighted by Gasteiger charge is 2.07. The minimum Gasteiger partial charge on any atom is -0.464 e. The maximum Gasteiger partial charge on any atom is 0.358 e. The molecule has 0 aliphatic carbocycles. The van der Waals surface area contributed by atoms with Gasteiger partial charge in [0.1, 0.15) is 5.82 Å². The second kappa shape index (κ2) is 7.39. The van der Waals surface area contributed by atoms with Crippen molar-refractivity contribution in [3.05, 3.63) is 30.2 Å². The van der Waals surface area contributed by atoms with E-state index in [-0.39, 0.29) is 5.69 Å². The number of hydrogen-bond acceptors (Lipinski definition) is 6. The summed E-state index contributed by atoms with van der Waals surface area (Å²) in [5.74, 6) is 0.00140. The fraction of sp³-hybridized carbons (Fsp3) is 0.417. The first kappa shape index (κ1) is 14.1. The Hall–Kier alpha value is -1.95. The Morgan fingerprint density at radius 2 is 2.28 bits per heavy atom. The van der Waals surface area contributed by atoms with Crippen LogP contribution in [0.1, 0.15) is 17.4 Å². The summed E-state index contributed by atoms with van der Waals surface area (Å²) < 4.78 is 9.87. The van der Waals surface area contributed by atoms with Crippen LogP contribution in [-0.4, -0.2) is 42.8 Å². The molecule has 0 radical (unpaired) electrons. The monoisotopic (exact) mass is 251 g/mol. The molecule has 0 saturated carbocycles. The Morgan fingerprint density at radius 3 is 2.94 bits per heavy atom. The van der Waals surface area contributed by atoms with Crippen LogP contribution in [0.15, 0.2) is 24.5 Å². The molecule has 1 N–H and O–H groups in total. The van der Waals surface area contributed by atoms with Crippen LogP contribution in [0.5, 0.6) is 0 Å². The summed E-state index contributed by atoms with van der Waals surface area (Å²) in [6.07, 6.45) is 2.89. The zero-order valence-electron chi connectivity index (χ0n) is 10.6. The van der Waals surface area contributed by atoms with Crippen molar-refractivity contribution < 1.29 is 14.3 Å². The Bertz CT molecular complexity index is 421. The van der Waals surface area contributed by atoms with Crippen LogP contribution in [0.3, 0.4) is 0 Å². The SMILES string of the molecule is C=C(C)COCCNc1cncc(C(=O)OC)n1. The van der Waals surface area contributed by atoms with Crippen LogP contribution >= 0.6 is 0 Å². The zero-order chi connectivity index (χ0) is 13.4. The molecule has 6 nitrogen and oxygen atoms in total. The highest BCUT2D eigenvalue weighted by molar-refractivity contribution is 5.87. The minimum absolute atomic E-state index is 0.172. The fourth-order valence-electron chi connectivity index (χ4n) is 1.15. The van der Waals surface area contributed by atoms with E-state index in [2.05, 4.69) is 26.6 Å².